The Morgan fingerprint density at radius 3 is 2.05 bits per heavy atom. The van der Waals surface area contributed by atoms with E-state index in [0.29, 0.717) is 24.3 Å². The van der Waals surface area contributed by atoms with Gasteiger partial charge in [0, 0.05) is 19.1 Å². The van der Waals surface area contributed by atoms with Crippen LogP contribution in [0.5, 0.6) is 11.5 Å². The second-order valence-corrected chi connectivity index (χ2v) is 10.5. The fraction of sp³-hybridized carbons (Fsp3) is 0.688. The molecule has 220 valence electrons. The van der Waals surface area contributed by atoms with Gasteiger partial charge in [-0.05, 0) is 36.6 Å². The van der Waals surface area contributed by atoms with Crippen LogP contribution in [0.2, 0.25) is 0 Å². The minimum atomic E-state index is -0.522. The zero-order valence-corrected chi connectivity index (χ0v) is 24.0. The molecule has 0 aliphatic carbocycles. The monoisotopic (exact) mass is 546 g/mol. The maximum atomic E-state index is 12.3. The highest BCUT2D eigenvalue weighted by molar-refractivity contribution is 5.87. The van der Waals surface area contributed by atoms with Crippen LogP contribution in [0.4, 0.5) is 0 Å². The molecule has 1 unspecified atom stereocenters. The maximum Gasteiger partial charge on any atom is 0.330 e. The van der Waals surface area contributed by atoms with Crippen molar-refractivity contribution in [2.45, 2.75) is 115 Å². The van der Waals surface area contributed by atoms with E-state index in [1.807, 2.05) is 0 Å². The van der Waals surface area contributed by atoms with E-state index in [1.54, 1.807) is 18.2 Å². The van der Waals surface area contributed by atoms with Gasteiger partial charge in [-0.1, -0.05) is 96.0 Å². The number of hydrogen-bond donors (Lipinski definition) is 1. The number of rotatable bonds is 5. The predicted molar refractivity (Wildman–Crippen MR) is 154 cm³/mol. The molecule has 0 radical (unpaired) electrons. The number of cyclic esters (lactones) is 1. The van der Waals surface area contributed by atoms with Crippen LogP contribution in [0.3, 0.4) is 0 Å². The van der Waals surface area contributed by atoms with E-state index in [4.69, 9.17) is 18.9 Å². The van der Waals surface area contributed by atoms with Gasteiger partial charge in [0.2, 0.25) is 0 Å². The van der Waals surface area contributed by atoms with E-state index in [-0.39, 0.29) is 24.9 Å². The first kappa shape index (κ1) is 32.7. The molecule has 1 atom stereocenters. The molecule has 2 rings (SSSR count). The predicted octanol–water partition coefficient (Wildman–Crippen LogP) is 7.53. The minimum absolute atomic E-state index is 0.00928. The molecule has 1 heterocycles. The highest BCUT2D eigenvalue weighted by atomic mass is 16.6. The van der Waals surface area contributed by atoms with Crippen LogP contribution in [0.25, 0.3) is 6.08 Å². The van der Waals surface area contributed by atoms with Gasteiger partial charge in [0.15, 0.2) is 11.5 Å². The van der Waals surface area contributed by atoms with Crippen molar-refractivity contribution in [2.24, 2.45) is 0 Å². The van der Waals surface area contributed by atoms with Crippen molar-refractivity contribution in [1.82, 2.24) is 0 Å². The third kappa shape index (κ3) is 16.2. The SMILES string of the molecule is COc1cc(/C=C/C(=O)OCC2COC(=O)CCCCCCCCCCCCCCCCCCO2)ccc1O. The van der Waals surface area contributed by atoms with Crippen LogP contribution in [-0.4, -0.2) is 50.1 Å². The average molecular weight is 547 g/mol. The Morgan fingerprint density at radius 2 is 1.46 bits per heavy atom. The van der Waals surface area contributed by atoms with Crippen molar-refractivity contribution in [1.29, 1.82) is 0 Å². The molecule has 1 aromatic carbocycles. The summed E-state index contributed by atoms with van der Waals surface area (Å²) >= 11 is 0. The molecular formula is C32H50O7. The number of ether oxygens (including phenoxy) is 4. The summed E-state index contributed by atoms with van der Waals surface area (Å²) < 4.78 is 21.9. The van der Waals surface area contributed by atoms with Gasteiger partial charge in [-0.25, -0.2) is 4.79 Å². The third-order valence-electron chi connectivity index (χ3n) is 7.09. The quantitative estimate of drug-likeness (QED) is 0.301. The Morgan fingerprint density at radius 1 is 0.897 bits per heavy atom. The molecular weight excluding hydrogens is 496 g/mol. The molecule has 1 N–H and O–H groups in total. The van der Waals surface area contributed by atoms with Gasteiger partial charge in [0.25, 0.3) is 0 Å². The van der Waals surface area contributed by atoms with Gasteiger partial charge < -0.3 is 24.1 Å². The molecule has 1 saturated heterocycles. The third-order valence-corrected chi connectivity index (χ3v) is 7.09. The summed E-state index contributed by atoms with van der Waals surface area (Å²) in [6.45, 7) is 0.628. The zero-order valence-electron chi connectivity index (χ0n) is 24.0. The smallest absolute Gasteiger partial charge is 0.330 e. The molecule has 1 aliphatic rings. The van der Waals surface area contributed by atoms with Gasteiger partial charge >= 0.3 is 11.9 Å². The number of carbonyl (C=O) groups is 2. The van der Waals surface area contributed by atoms with Crippen LogP contribution in [0, 0.1) is 0 Å². The molecule has 0 saturated carbocycles. The van der Waals surface area contributed by atoms with Crippen LogP contribution < -0.4 is 4.74 Å². The molecule has 1 fully saturated rings. The number of methoxy groups -OCH3 is 1. The summed E-state index contributed by atoms with van der Waals surface area (Å²) in [6.07, 6.45) is 22.3. The van der Waals surface area contributed by atoms with Gasteiger partial charge in [-0.2, -0.15) is 0 Å². The lowest BCUT2D eigenvalue weighted by Gasteiger charge is -2.18. The Hall–Kier alpha value is -2.54. The number of benzene rings is 1. The Balaban J connectivity index is 1.80. The number of phenolic OH excluding ortho intramolecular Hbond substituents is 1. The molecule has 1 aromatic rings. The van der Waals surface area contributed by atoms with E-state index in [1.165, 1.54) is 96.3 Å². The maximum absolute atomic E-state index is 12.3. The Kier molecular flexibility index (Phi) is 17.8. The number of aromatic hydroxyl groups is 1. The Bertz CT molecular complexity index is 836. The first-order chi connectivity index (χ1) is 19.1. The second kappa shape index (κ2) is 21.3. The summed E-state index contributed by atoms with van der Waals surface area (Å²) in [7, 11) is 1.47. The van der Waals surface area contributed by atoms with Crippen molar-refractivity contribution < 1.29 is 33.6 Å². The van der Waals surface area contributed by atoms with E-state index >= 15 is 0 Å². The lowest BCUT2D eigenvalue weighted by Crippen LogP contribution is -2.28. The molecule has 7 nitrogen and oxygen atoms in total. The fourth-order valence-electron chi connectivity index (χ4n) is 4.68. The van der Waals surface area contributed by atoms with Gasteiger partial charge in [0.1, 0.15) is 19.3 Å². The van der Waals surface area contributed by atoms with Gasteiger partial charge in [-0.3, -0.25) is 4.79 Å². The van der Waals surface area contributed by atoms with Crippen molar-refractivity contribution in [3.8, 4) is 11.5 Å². The standard InChI is InChI=1S/C32H50O7/c1-36-30-24-27(19-21-29(30)33)20-22-32(35)39-26-28-25-38-31(34)18-16-14-12-10-8-6-4-2-3-5-7-9-11-13-15-17-23-37-28/h19-22,24,28,33H,2-18,23,25-26H2,1H3/b22-20+. The number of esters is 2. The number of carbonyl (C=O) groups excluding carboxylic acids is 2. The molecule has 0 bridgehead atoms. The summed E-state index contributed by atoms with van der Waals surface area (Å²) in [5, 5.41) is 9.71. The molecule has 0 aromatic heterocycles. The molecule has 39 heavy (non-hydrogen) atoms. The topological polar surface area (TPSA) is 91.3 Å². The van der Waals surface area contributed by atoms with Gasteiger partial charge in [0.05, 0.1) is 7.11 Å². The molecule has 7 heteroatoms. The molecule has 0 spiro atoms. The van der Waals surface area contributed by atoms with Crippen LogP contribution in [0.15, 0.2) is 24.3 Å². The summed E-state index contributed by atoms with van der Waals surface area (Å²) in [4.78, 5) is 24.6. The highest BCUT2D eigenvalue weighted by Gasteiger charge is 2.15. The lowest BCUT2D eigenvalue weighted by molar-refractivity contribution is -0.153. The van der Waals surface area contributed by atoms with Crippen molar-refractivity contribution in [3.05, 3.63) is 29.8 Å². The number of hydrogen-bond acceptors (Lipinski definition) is 7. The van der Waals surface area contributed by atoms with Crippen LogP contribution in [-0.2, 0) is 23.8 Å². The van der Waals surface area contributed by atoms with Crippen molar-refractivity contribution in [3.63, 3.8) is 0 Å². The van der Waals surface area contributed by atoms with Gasteiger partial charge in [-0.15, -0.1) is 0 Å². The second-order valence-electron chi connectivity index (χ2n) is 10.5. The first-order valence-corrected chi connectivity index (χ1v) is 15.1. The van der Waals surface area contributed by atoms with Crippen LogP contribution >= 0.6 is 0 Å². The summed E-state index contributed by atoms with van der Waals surface area (Å²) in [5.41, 5.74) is 0.691. The summed E-state index contributed by atoms with van der Waals surface area (Å²) in [5.74, 6) is -0.395. The van der Waals surface area contributed by atoms with E-state index in [9.17, 15) is 14.7 Å². The van der Waals surface area contributed by atoms with E-state index in [2.05, 4.69) is 0 Å². The van der Waals surface area contributed by atoms with Crippen LogP contribution in [0.1, 0.15) is 115 Å². The highest BCUT2D eigenvalue weighted by Crippen LogP contribution is 2.26. The number of phenols is 1. The minimum Gasteiger partial charge on any atom is -0.504 e. The zero-order chi connectivity index (χ0) is 28.0. The van der Waals surface area contributed by atoms with Crippen molar-refractivity contribution in [2.75, 3.05) is 26.9 Å². The largest absolute Gasteiger partial charge is 0.504 e. The molecule has 0 amide bonds. The van der Waals surface area contributed by atoms with E-state index < -0.39 is 12.1 Å². The summed E-state index contributed by atoms with van der Waals surface area (Å²) in [6, 6.07) is 4.80. The first-order valence-electron chi connectivity index (χ1n) is 15.1. The Labute approximate surface area is 235 Å². The van der Waals surface area contributed by atoms with E-state index in [0.717, 1.165) is 25.7 Å². The van der Waals surface area contributed by atoms with Crippen molar-refractivity contribution >= 4 is 18.0 Å². The fourth-order valence-corrected chi connectivity index (χ4v) is 4.68. The average Bonchev–Trinajstić information content (AvgIpc) is 2.94. The normalized spacial score (nSPS) is 20.6. The lowest BCUT2D eigenvalue weighted by atomic mass is 10.0. The molecule has 1 aliphatic heterocycles.